The van der Waals surface area contributed by atoms with E-state index in [1.165, 1.54) is 5.56 Å². The first-order valence-corrected chi connectivity index (χ1v) is 9.08. The number of rotatable bonds is 3. The predicted octanol–water partition coefficient (Wildman–Crippen LogP) is 2.85. The molecule has 0 radical (unpaired) electrons. The van der Waals surface area contributed by atoms with Crippen molar-refractivity contribution in [2.45, 2.75) is 40.7 Å². The minimum absolute atomic E-state index is 0.0277. The molecule has 0 bridgehead atoms. The number of halogens is 1. The van der Waals surface area contributed by atoms with Crippen LogP contribution < -0.4 is 10.2 Å². The zero-order valence-corrected chi connectivity index (χ0v) is 16.5. The van der Waals surface area contributed by atoms with Gasteiger partial charge < -0.3 is 15.1 Å². The van der Waals surface area contributed by atoms with E-state index >= 15 is 0 Å². The number of amides is 2. The Morgan fingerprint density at radius 1 is 1.16 bits per heavy atom. The summed E-state index contributed by atoms with van der Waals surface area (Å²) in [6, 6.07) is 5.37. The van der Waals surface area contributed by atoms with Gasteiger partial charge in [-0.3, -0.25) is 9.59 Å². The Bertz CT molecular complexity index is 647. The van der Waals surface area contributed by atoms with Crippen LogP contribution in [0.3, 0.4) is 0 Å². The van der Waals surface area contributed by atoms with Crippen LogP contribution >= 0.6 is 11.6 Å². The highest BCUT2D eigenvalue weighted by Crippen LogP contribution is 2.25. The Labute approximate surface area is 155 Å². The Morgan fingerprint density at radius 3 is 2.32 bits per heavy atom. The van der Waals surface area contributed by atoms with Gasteiger partial charge in [-0.1, -0.05) is 38.4 Å². The number of aryl methyl sites for hydroxylation is 1. The Morgan fingerprint density at radius 2 is 1.76 bits per heavy atom. The van der Waals surface area contributed by atoms with Crippen LogP contribution in [0.25, 0.3) is 0 Å². The van der Waals surface area contributed by atoms with Crippen LogP contribution in [-0.4, -0.2) is 48.9 Å². The zero-order valence-electron chi connectivity index (χ0n) is 15.7. The smallest absolute Gasteiger partial charge is 0.244 e. The third kappa shape index (κ3) is 4.88. The SMILES string of the molecule is Cc1ccc(Cl)cc1N1CCN(C(=O)C(C)NC(=O)C(C)(C)C)CC1. The molecular weight excluding hydrogens is 338 g/mol. The summed E-state index contributed by atoms with van der Waals surface area (Å²) in [5.41, 5.74) is 1.79. The minimum Gasteiger partial charge on any atom is -0.368 e. The first-order valence-electron chi connectivity index (χ1n) is 8.70. The molecule has 1 fully saturated rings. The van der Waals surface area contributed by atoms with Crippen molar-refractivity contribution in [3.8, 4) is 0 Å². The van der Waals surface area contributed by atoms with Gasteiger partial charge in [0.1, 0.15) is 6.04 Å². The number of benzene rings is 1. The molecule has 1 N–H and O–H groups in total. The second-order valence-electron chi connectivity index (χ2n) is 7.69. The van der Waals surface area contributed by atoms with Gasteiger partial charge in [0.05, 0.1) is 0 Å². The van der Waals surface area contributed by atoms with Crippen molar-refractivity contribution in [1.29, 1.82) is 0 Å². The average molecular weight is 366 g/mol. The Hall–Kier alpha value is -1.75. The summed E-state index contributed by atoms with van der Waals surface area (Å²) in [7, 11) is 0. The van der Waals surface area contributed by atoms with Crippen molar-refractivity contribution in [3.63, 3.8) is 0 Å². The molecule has 1 heterocycles. The molecule has 138 valence electrons. The fourth-order valence-corrected chi connectivity index (χ4v) is 3.01. The van der Waals surface area contributed by atoms with E-state index in [1.54, 1.807) is 6.92 Å². The topological polar surface area (TPSA) is 52.6 Å². The molecule has 25 heavy (non-hydrogen) atoms. The highest BCUT2D eigenvalue weighted by Gasteiger charge is 2.29. The minimum atomic E-state index is -0.508. The molecule has 1 aromatic carbocycles. The zero-order chi connectivity index (χ0) is 18.8. The van der Waals surface area contributed by atoms with Crippen LogP contribution in [0.1, 0.15) is 33.3 Å². The summed E-state index contributed by atoms with van der Waals surface area (Å²) >= 11 is 6.11. The number of nitrogens with one attached hydrogen (secondary N) is 1. The van der Waals surface area contributed by atoms with E-state index in [0.29, 0.717) is 13.1 Å². The standard InChI is InChI=1S/C19H28ClN3O2/c1-13-6-7-15(20)12-16(13)22-8-10-23(11-9-22)17(24)14(2)21-18(25)19(3,4)5/h6-7,12,14H,8-11H2,1-5H3,(H,21,25). The van der Waals surface area contributed by atoms with Crippen molar-refractivity contribution in [2.75, 3.05) is 31.1 Å². The summed E-state index contributed by atoms with van der Waals surface area (Å²) in [5, 5.41) is 3.54. The number of nitrogens with zero attached hydrogens (tertiary/aromatic N) is 2. The molecule has 1 aromatic rings. The number of carbonyl (C=O) groups is 2. The van der Waals surface area contributed by atoms with E-state index in [-0.39, 0.29) is 11.8 Å². The lowest BCUT2D eigenvalue weighted by molar-refractivity contribution is -0.138. The van der Waals surface area contributed by atoms with E-state index in [4.69, 9.17) is 11.6 Å². The first-order chi connectivity index (χ1) is 11.6. The lowest BCUT2D eigenvalue weighted by Gasteiger charge is -2.38. The van der Waals surface area contributed by atoms with E-state index in [2.05, 4.69) is 17.1 Å². The summed E-state index contributed by atoms with van der Waals surface area (Å²) in [6.07, 6.45) is 0. The van der Waals surface area contributed by atoms with Crippen LogP contribution in [0.4, 0.5) is 5.69 Å². The fourth-order valence-electron chi connectivity index (χ4n) is 2.84. The molecule has 2 amide bonds. The predicted molar refractivity (Wildman–Crippen MR) is 102 cm³/mol. The van der Waals surface area contributed by atoms with E-state index in [9.17, 15) is 9.59 Å². The first kappa shape index (κ1) is 19.6. The number of carbonyl (C=O) groups excluding carboxylic acids is 2. The molecule has 1 saturated heterocycles. The van der Waals surface area contributed by atoms with Crippen molar-refractivity contribution in [2.24, 2.45) is 5.41 Å². The highest BCUT2D eigenvalue weighted by atomic mass is 35.5. The maximum atomic E-state index is 12.6. The molecular formula is C19H28ClN3O2. The third-order valence-corrected chi connectivity index (χ3v) is 4.74. The van der Waals surface area contributed by atoms with Crippen LogP contribution in [-0.2, 0) is 9.59 Å². The lowest BCUT2D eigenvalue weighted by Crippen LogP contribution is -2.55. The van der Waals surface area contributed by atoms with E-state index in [0.717, 1.165) is 23.8 Å². The second kappa shape index (κ2) is 7.65. The van der Waals surface area contributed by atoms with E-state index in [1.807, 2.05) is 43.9 Å². The lowest BCUT2D eigenvalue weighted by atomic mass is 9.95. The molecule has 1 atom stereocenters. The molecule has 5 nitrogen and oxygen atoms in total. The van der Waals surface area contributed by atoms with Gasteiger partial charge in [-0.15, -0.1) is 0 Å². The third-order valence-electron chi connectivity index (χ3n) is 4.50. The van der Waals surface area contributed by atoms with Crippen molar-refractivity contribution in [3.05, 3.63) is 28.8 Å². The number of hydrogen-bond acceptors (Lipinski definition) is 3. The van der Waals surface area contributed by atoms with Gasteiger partial charge in [-0.05, 0) is 31.5 Å². The van der Waals surface area contributed by atoms with Gasteiger partial charge in [0.15, 0.2) is 0 Å². The number of piperazine rings is 1. The normalized spacial score (nSPS) is 16.6. The quantitative estimate of drug-likeness (QED) is 0.896. The van der Waals surface area contributed by atoms with Gasteiger partial charge >= 0.3 is 0 Å². The number of hydrogen-bond donors (Lipinski definition) is 1. The van der Waals surface area contributed by atoms with Gasteiger partial charge in [-0.25, -0.2) is 0 Å². The summed E-state index contributed by atoms with van der Waals surface area (Å²) in [5.74, 6) is -0.137. The van der Waals surface area contributed by atoms with E-state index < -0.39 is 11.5 Å². The molecule has 1 aliphatic rings. The van der Waals surface area contributed by atoms with Crippen LogP contribution in [0, 0.1) is 12.3 Å². The molecule has 0 aliphatic carbocycles. The fraction of sp³-hybridized carbons (Fsp3) is 0.579. The van der Waals surface area contributed by atoms with Gasteiger partial charge in [0.25, 0.3) is 0 Å². The van der Waals surface area contributed by atoms with Crippen LogP contribution in [0.5, 0.6) is 0 Å². The maximum Gasteiger partial charge on any atom is 0.244 e. The monoisotopic (exact) mass is 365 g/mol. The summed E-state index contributed by atoms with van der Waals surface area (Å²) in [4.78, 5) is 28.7. The maximum absolute atomic E-state index is 12.6. The highest BCUT2D eigenvalue weighted by molar-refractivity contribution is 6.30. The van der Waals surface area contributed by atoms with Crippen molar-refractivity contribution in [1.82, 2.24) is 10.2 Å². The van der Waals surface area contributed by atoms with Crippen LogP contribution in [0.2, 0.25) is 5.02 Å². The Kier molecular flexibility index (Phi) is 5.99. The molecule has 0 saturated carbocycles. The van der Waals surface area contributed by atoms with Gasteiger partial charge in [0, 0.05) is 42.3 Å². The summed E-state index contributed by atoms with van der Waals surface area (Å²) < 4.78 is 0. The average Bonchev–Trinajstić information content (AvgIpc) is 2.55. The second-order valence-corrected chi connectivity index (χ2v) is 8.12. The van der Waals surface area contributed by atoms with Gasteiger partial charge in [0.2, 0.25) is 11.8 Å². The molecule has 2 rings (SSSR count). The molecule has 0 spiro atoms. The molecule has 0 aromatic heterocycles. The van der Waals surface area contributed by atoms with Crippen LogP contribution in [0.15, 0.2) is 18.2 Å². The van der Waals surface area contributed by atoms with Crippen molar-refractivity contribution < 1.29 is 9.59 Å². The van der Waals surface area contributed by atoms with Crippen molar-refractivity contribution >= 4 is 29.1 Å². The molecule has 1 unspecified atom stereocenters. The molecule has 6 heteroatoms. The summed E-state index contributed by atoms with van der Waals surface area (Å²) in [6.45, 7) is 12.1. The number of anilines is 1. The largest absolute Gasteiger partial charge is 0.368 e. The van der Waals surface area contributed by atoms with Gasteiger partial charge in [-0.2, -0.15) is 0 Å². The molecule has 1 aliphatic heterocycles. The Balaban J connectivity index is 1.94.